The summed E-state index contributed by atoms with van der Waals surface area (Å²) in [5.41, 5.74) is 4.35. The molecule has 32 heavy (non-hydrogen) atoms. The lowest BCUT2D eigenvalue weighted by Crippen LogP contribution is -2.07. The highest BCUT2D eigenvalue weighted by Crippen LogP contribution is 2.33. The van der Waals surface area contributed by atoms with E-state index in [0.717, 1.165) is 16.7 Å². The van der Waals surface area contributed by atoms with Crippen LogP contribution in [0.15, 0.2) is 91.0 Å². The SMILES string of the molecule is O=C(O)c1ccc(-c2ccc(Cl)cc2OCc2ccccc2)nc1CCc1ccccc1. The number of ether oxygens (including phenoxy) is 1. The van der Waals surface area contributed by atoms with Gasteiger partial charge in [-0.1, -0.05) is 72.3 Å². The van der Waals surface area contributed by atoms with Gasteiger partial charge in [-0.25, -0.2) is 4.79 Å². The van der Waals surface area contributed by atoms with E-state index in [1.807, 2.05) is 66.7 Å². The molecule has 160 valence electrons. The van der Waals surface area contributed by atoms with Gasteiger partial charge in [-0.05, 0) is 54.3 Å². The fourth-order valence-electron chi connectivity index (χ4n) is 3.51. The largest absolute Gasteiger partial charge is 0.488 e. The van der Waals surface area contributed by atoms with Crippen LogP contribution in [0.2, 0.25) is 5.02 Å². The van der Waals surface area contributed by atoms with Crippen LogP contribution in [0.4, 0.5) is 0 Å². The molecule has 1 aromatic heterocycles. The molecule has 4 aromatic rings. The molecule has 1 N–H and O–H groups in total. The van der Waals surface area contributed by atoms with Gasteiger partial charge in [0.2, 0.25) is 0 Å². The van der Waals surface area contributed by atoms with Crippen molar-refractivity contribution in [3.63, 3.8) is 0 Å². The molecule has 0 amide bonds. The molecule has 1 heterocycles. The molecule has 0 spiro atoms. The molecule has 5 heteroatoms. The topological polar surface area (TPSA) is 59.4 Å². The smallest absolute Gasteiger partial charge is 0.337 e. The molecule has 4 nitrogen and oxygen atoms in total. The quantitative estimate of drug-likeness (QED) is 0.339. The van der Waals surface area contributed by atoms with Gasteiger partial charge >= 0.3 is 5.97 Å². The summed E-state index contributed by atoms with van der Waals surface area (Å²) in [7, 11) is 0. The molecule has 3 aromatic carbocycles. The van der Waals surface area contributed by atoms with Crippen LogP contribution in [-0.4, -0.2) is 16.1 Å². The lowest BCUT2D eigenvalue weighted by molar-refractivity contribution is 0.0695. The van der Waals surface area contributed by atoms with Crippen LogP contribution in [0.25, 0.3) is 11.3 Å². The second-order valence-corrected chi connectivity index (χ2v) is 7.83. The molecular weight excluding hydrogens is 422 g/mol. The van der Waals surface area contributed by atoms with Crippen molar-refractivity contribution in [3.8, 4) is 17.0 Å². The zero-order valence-electron chi connectivity index (χ0n) is 17.4. The Labute approximate surface area is 192 Å². The van der Waals surface area contributed by atoms with E-state index < -0.39 is 5.97 Å². The number of carboxylic acids is 1. The van der Waals surface area contributed by atoms with Gasteiger partial charge < -0.3 is 9.84 Å². The molecule has 0 saturated carbocycles. The van der Waals surface area contributed by atoms with E-state index in [9.17, 15) is 9.90 Å². The number of hydrogen-bond acceptors (Lipinski definition) is 3. The predicted octanol–water partition coefficient (Wildman–Crippen LogP) is 6.46. The van der Waals surface area contributed by atoms with E-state index in [-0.39, 0.29) is 5.56 Å². The Bertz CT molecular complexity index is 1210. The number of nitrogens with zero attached hydrogens (tertiary/aromatic N) is 1. The first-order valence-corrected chi connectivity index (χ1v) is 10.7. The van der Waals surface area contributed by atoms with Crippen LogP contribution in [0, 0.1) is 0 Å². The first-order chi connectivity index (χ1) is 15.6. The van der Waals surface area contributed by atoms with Crippen molar-refractivity contribution in [2.24, 2.45) is 0 Å². The number of benzene rings is 3. The van der Waals surface area contributed by atoms with Crippen molar-refractivity contribution in [3.05, 3.63) is 118 Å². The van der Waals surface area contributed by atoms with Crippen LogP contribution in [-0.2, 0) is 19.4 Å². The standard InChI is InChI=1S/C27H22ClNO3/c28-21-12-13-22(26(17-21)32-18-20-9-5-2-6-10-20)24-16-14-23(27(30)31)25(29-24)15-11-19-7-3-1-4-8-19/h1-10,12-14,16-17H,11,15,18H2,(H,30,31). The average molecular weight is 444 g/mol. The maximum Gasteiger partial charge on any atom is 0.337 e. The summed E-state index contributed by atoms with van der Waals surface area (Å²) in [4.78, 5) is 16.5. The van der Waals surface area contributed by atoms with Gasteiger partial charge in [0, 0.05) is 10.6 Å². The van der Waals surface area contributed by atoms with Crippen molar-refractivity contribution >= 4 is 17.6 Å². The average Bonchev–Trinajstić information content (AvgIpc) is 2.82. The number of carboxylic acid groups (broad SMARTS) is 1. The lowest BCUT2D eigenvalue weighted by Gasteiger charge is -2.14. The van der Waals surface area contributed by atoms with Crippen molar-refractivity contribution in [1.82, 2.24) is 4.98 Å². The molecule has 0 radical (unpaired) electrons. The Balaban J connectivity index is 1.64. The number of carbonyl (C=O) groups is 1. The lowest BCUT2D eigenvalue weighted by atomic mass is 10.0. The van der Waals surface area contributed by atoms with Crippen molar-refractivity contribution < 1.29 is 14.6 Å². The summed E-state index contributed by atoms with van der Waals surface area (Å²) >= 11 is 6.22. The minimum atomic E-state index is -0.983. The monoisotopic (exact) mass is 443 g/mol. The Morgan fingerprint density at radius 3 is 2.22 bits per heavy atom. The summed E-state index contributed by atoms with van der Waals surface area (Å²) < 4.78 is 6.06. The fourth-order valence-corrected chi connectivity index (χ4v) is 3.67. The van der Waals surface area contributed by atoms with E-state index in [0.29, 0.717) is 41.6 Å². The number of aryl methyl sites for hydroxylation is 2. The highest BCUT2D eigenvalue weighted by atomic mass is 35.5. The highest BCUT2D eigenvalue weighted by Gasteiger charge is 2.16. The van der Waals surface area contributed by atoms with Gasteiger partial charge in [0.25, 0.3) is 0 Å². The summed E-state index contributed by atoms with van der Waals surface area (Å²) in [6.07, 6.45) is 1.23. The normalized spacial score (nSPS) is 10.7. The third-order valence-electron chi connectivity index (χ3n) is 5.15. The van der Waals surface area contributed by atoms with Gasteiger partial charge in [0.15, 0.2) is 0 Å². The molecule has 0 bridgehead atoms. The van der Waals surface area contributed by atoms with Gasteiger partial charge in [0.05, 0.1) is 17.0 Å². The molecule has 0 unspecified atom stereocenters. The van der Waals surface area contributed by atoms with Gasteiger partial charge in [-0.3, -0.25) is 4.98 Å². The van der Waals surface area contributed by atoms with E-state index in [1.54, 1.807) is 24.3 Å². The molecule has 0 saturated heterocycles. The van der Waals surface area contributed by atoms with Crippen LogP contribution in [0.3, 0.4) is 0 Å². The Kier molecular flexibility index (Phi) is 6.83. The number of pyridine rings is 1. The second-order valence-electron chi connectivity index (χ2n) is 7.40. The Morgan fingerprint density at radius 1 is 0.844 bits per heavy atom. The molecule has 0 fully saturated rings. The molecule has 0 atom stereocenters. The van der Waals surface area contributed by atoms with Crippen LogP contribution >= 0.6 is 11.6 Å². The first-order valence-electron chi connectivity index (χ1n) is 10.3. The zero-order chi connectivity index (χ0) is 22.3. The van der Waals surface area contributed by atoms with Gasteiger partial charge in [-0.2, -0.15) is 0 Å². The minimum absolute atomic E-state index is 0.213. The highest BCUT2D eigenvalue weighted by molar-refractivity contribution is 6.30. The third kappa shape index (κ3) is 5.34. The van der Waals surface area contributed by atoms with E-state index >= 15 is 0 Å². The predicted molar refractivity (Wildman–Crippen MR) is 126 cm³/mol. The Morgan fingerprint density at radius 2 is 1.53 bits per heavy atom. The van der Waals surface area contributed by atoms with Gasteiger partial charge in [0.1, 0.15) is 12.4 Å². The maximum atomic E-state index is 11.8. The molecule has 0 aliphatic heterocycles. The second kappa shape index (κ2) is 10.1. The Hall–Kier alpha value is -3.63. The minimum Gasteiger partial charge on any atom is -0.488 e. The van der Waals surface area contributed by atoms with E-state index in [1.165, 1.54) is 0 Å². The van der Waals surface area contributed by atoms with E-state index in [2.05, 4.69) is 0 Å². The van der Waals surface area contributed by atoms with Crippen molar-refractivity contribution in [1.29, 1.82) is 0 Å². The zero-order valence-corrected chi connectivity index (χ0v) is 18.1. The van der Waals surface area contributed by atoms with Crippen molar-refractivity contribution in [2.45, 2.75) is 19.4 Å². The molecule has 0 aliphatic carbocycles. The van der Waals surface area contributed by atoms with Crippen molar-refractivity contribution in [2.75, 3.05) is 0 Å². The molecule has 0 aliphatic rings. The maximum absolute atomic E-state index is 11.8. The van der Waals surface area contributed by atoms with Gasteiger partial charge in [-0.15, -0.1) is 0 Å². The fraction of sp³-hybridized carbons (Fsp3) is 0.111. The van der Waals surface area contributed by atoms with E-state index in [4.69, 9.17) is 21.3 Å². The molecular formula is C27H22ClNO3. The van der Waals surface area contributed by atoms with Crippen LogP contribution in [0.1, 0.15) is 27.2 Å². The number of aromatic nitrogens is 1. The number of aromatic carboxylic acids is 1. The summed E-state index contributed by atoms with van der Waals surface area (Å²) in [5.74, 6) is -0.380. The number of hydrogen-bond donors (Lipinski definition) is 1. The number of rotatable bonds is 8. The number of halogens is 1. The summed E-state index contributed by atoms with van der Waals surface area (Å²) in [5, 5.41) is 10.2. The van der Waals surface area contributed by atoms with Crippen LogP contribution in [0.5, 0.6) is 5.75 Å². The summed E-state index contributed by atoms with van der Waals surface area (Å²) in [6, 6.07) is 28.5. The first kappa shape index (κ1) is 21.6. The third-order valence-corrected chi connectivity index (χ3v) is 5.39. The summed E-state index contributed by atoms with van der Waals surface area (Å²) in [6.45, 7) is 0.391. The van der Waals surface area contributed by atoms with Crippen LogP contribution < -0.4 is 4.74 Å². The molecule has 4 rings (SSSR count).